The van der Waals surface area contributed by atoms with Gasteiger partial charge in [0.05, 0.1) is 15.6 Å². The summed E-state index contributed by atoms with van der Waals surface area (Å²) < 4.78 is 32.2. The SMILES string of the molecule is O=C(O)c1cc(F)c(Oc2ccc(Cl)c(Cl)c2)cc1F. The number of ether oxygens (including phenoxy) is 1. The van der Waals surface area contributed by atoms with Gasteiger partial charge in [-0.1, -0.05) is 23.2 Å². The smallest absolute Gasteiger partial charge is 0.338 e. The van der Waals surface area contributed by atoms with Crippen molar-refractivity contribution < 1.29 is 23.4 Å². The van der Waals surface area contributed by atoms with Crippen LogP contribution in [0.3, 0.4) is 0 Å². The topological polar surface area (TPSA) is 46.5 Å². The summed E-state index contributed by atoms with van der Waals surface area (Å²) in [6, 6.07) is 5.37. The fraction of sp³-hybridized carbons (Fsp3) is 0. The first-order valence-electron chi connectivity index (χ1n) is 5.23. The molecule has 0 aliphatic carbocycles. The van der Waals surface area contributed by atoms with Crippen molar-refractivity contribution in [1.29, 1.82) is 0 Å². The molecule has 0 radical (unpaired) electrons. The quantitative estimate of drug-likeness (QED) is 0.887. The van der Waals surface area contributed by atoms with E-state index in [-0.39, 0.29) is 15.8 Å². The lowest BCUT2D eigenvalue weighted by molar-refractivity contribution is 0.0691. The molecular weight excluding hydrogens is 313 g/mol. The van der Waals surface area contributed by atoms with Crippen molar-refractivity contribution in [2.45, 2.75) is 0 Å². The van der Waals surface area contributed by atoms with Crippen molar-refractivity contribution in [3.63, 3.8) is 0 Å². The van der Waals surface area contributed by atoms with E-state index in [1.807, 2.05) is 0 Å². The number of aromatic carboxylic acids is 1. The Kier molecular flexibility index (Phi) is 4.11. The molecule has 0 bridgehead atoms. The van der Waals surface area contributed by atoms with Crippen LogP contribution >= 0.6 is 23.2 Å². The maximum atomic E-state index is 13.6. The van der Waals surface area contributed by atoms with Gasteiger partial charge < -0.3 is 9.84 Å². The average Bonchev–Trinajstić information content (AvgIpc) is 2.37. The van der Waals surface area contributed by atoms with Crippen LogP contribution in [0.5, 0.6) is 11.5 Å². The Labute approximate surface area is 122 Å². The second kappa shape index (κ2) is 5.64. The third-order valence-corrected chi connectivity index (χ3v) is 3.11. The van der Waals surface area contributed by atoms with Gasteiger partial charge in [0.25, 0.3) is 0 Å². The number of halogens is 4. The van der Waals surface area contributed by atoms with Crippen LogP contribution in [0.1, 0.15) is 10.4 Å². The first-order chi connectivity index (χ1) is 9.38. The van der Waals surface area contributed by atoms with E-state index >= 15 is 0 Å². The molecule has 2 rings (SSSR count). The van der Waals surface area contributed by atoms with Crippen molar-refractivity contribution in [2.24, 2.45) is 0 Å². The first kappa shape index (κ1) is 14.6. The molecule has 3 nitrogen and oxygen atoms in total. The number of benzene rings is 2. The number of rotatable bonds is 3. The number of hydrogen-bond acceptors (Lipinski definition) is 2. The zero-order valence-corrected chi connectivity index (χ0v) is 11.2. The van der Waals surface area contributed by atoms with Crippen molar-refractivity contribution in [2.75, 3.05) is 0 Å². The van der Waals surface area contributed by atoms with E-state index in [0.29, 0.717) is 12.1 Å². The summed E-state index contributed by atoms with van der Waals surface area (Å²) in [5.74, 6) is -3.99. The fourth-order valence-corrected chi connectivity index (χ4v) is 1.73. The molecule has 7 heteroatoms. The molecule has 0 aliphatic heterocycles. The maximum absolute atomic E-state index is 13.6. The maximum Gasteiger partial charge on any atom is 0.338 e. The summed E-state index contributed by atoms with van der Waals surface area (Å²) in [6.07, 6.45) is 0. The molecule has 0 atom stereocenters. The van der Waals surface area contributed by atoms with E-state index < -0.39 is 28.9 Å². The van der Waals surface area contributed by atoms with Gasteiger partial charge in [0.2, 0.25) is 0 Å². The van der Waals surface area contributed by atoms with Gasteiger partial charge in [-0.2, -0.15) is 0 Å². The predicted octanol–water partition coefficient (Wildman–Crippen LogP) is 4.76. The molecule has 2 aromatic rings. The molecular formula is C13H6Cl2F2O3. The molecule has 0 fully saturated rings. The highest BCUT2D eigenvalue weighted by molar-refractivity contribution is 6.42. The van der Waals surface area contributed by atoms with E-state index in [9.17, 15) is 13.6 Å². The molecule has 0 spiro atoms. The molecule has 0 aliphatic rings. The van der Waals surface area contributed by atoms with Crippen LogP contribution in [0, 0.1) is 11.6 Å². The minimum atomic E-state index is -1.57. The van der Waals surface area contributed by atoms with Crippen LogP contribution in [-0.2, 0) is 0 Å². The largest absolute Gasteiger partial charge is 0.478 e. The lowest BCUT2D eigenvalue weighted by atomic mass is 10.2. The Hall–Kier alpha value is -1.85. The van der Waals surface area contributed by atoms with Crippen LogP contribution < -0.4 is 4.74 Å². The van der Waals surface area contributed by atoms with Crippen LogP contribution in [0.25, 0.3) is 0 Å². The van der Waals surface area contributed by atoms with Gasteiger partial charge in [0.1, 0.15) is 11.6 Å². The predicted molar refractivity (Wildman–Crippen MR) is 69.9 cm³/mol. The number of carboxylic acids is 1. The summed E-state index contributed by atoms with van der Waals surface area (Å²) >= 11 is 11.5. The minimum absolute atomic E-state index is 0.140. The summed E-state index contributed by atoms with van der Waals surface area (Å²) in [4.78, 5) is 10.6. The molecule has 0 unspecified atom stereocenters. The Morgan fingerprint density at radius 2 is 1.75 bits per heavy atom. The number of carbonyl (C=O) groups is 1. The molecule has 0 heterocycles. The third-order valence-electron chi connectivity index (χ3n) is 2.37. The van der Waals surface area contributed by atoms with E-state index in [4.69, 9.17) is 33.0 Å². The number of hydrogen-bond donors (Lipinski definition) is 1. The minimum Gasteiger partial charge on any atom is -0.478 e. The van der Waals surface area contributed by atoms with Crippen LogP contribution in [-0.4, -0.2) is 11.1 Å². The van der Waals surface area contributed by atoms with Crippen LogP contribution in [0.4, 0.5) is 8.78 Å². The highest BCUT2D eigenvalue weighted by Crippen LogP contribution is 2.31. The van der Waals surface area contributed by atoms with Crippen LogP contribution in [0.2, 0.25) is 10.0 Å². The Morgan fingerprint density at radius 1 is 1.05 bits per heavy atom. The standard InChI is InChI=1S/C13H6Cl2F2O3/c14-8-2-1-6(3-9(8)15)20-12-5-10(16)7(13(18)19)4-11(12)17/h1-5H,(H,18,19). The van der Waals surface area contributed by atoms with Crippen LogP contribution in [0.15, 0.2) is 30.3 Å². The van der Waals surface area contributed by atoms with Gasteiger partial charge in [0, 0.05) is 12.1 Å². The van der Waals surface area contributed by atoms with Gasteiger partial charge in [-0.25, -0.2) is 13.6 Å². The monoisotopic (exact) mass is 318 g/mol. The Bertz CT molecular complexity index is 690. The van der Waals surface area contributed by atoms with Gasteiger partial charge >= 0.3 is 5.97 Å². The summed E-state index contributed by atoms with van der Waals surface area (Å²) in [5.41, 5.74) is -0.774. The van der Waals surface area contributed by atoms with E-state index in [1.165, 1.54) is 18.2 Å². The number of carboxylic acid groups (broad SMARTS) is 1. The Balaban J connectivity index is 2.36. The molecule has 0 saturated carbocycles. The third kappa shape index (κ3) is 3.00. The van der Waals surface area contributed by atoms with Crippen molar-refractivity contribution in [3.05, 3.63) is 57.6 Å². The zero-order chi connectivity index (χ0) is 14.9. The van der Waals surface area contributed by atoms with Gasteiger partial charge in [-0.15, -0.1) is 0 Å². The first-order valence-corrected chi connectivity index (χ1v) is 5.99. The normalized spacial score (nSPS) is 10.4. The molecule has 104 valence electrons. The van der Waals surface area contributed by atoms with Crippen molar-refractivity contribution in [3.8, 4) is 11.5 Å². The van der Waals surface area contributed by atoms with Gasteiger partial charge in [0.15, 0.2) is 11.6 Å². The highest BCUT2D eigenvalue weighted by atomic mass is 35.5. The molecule has 0 saturated heterocycles. The van der Waals surface area contributed by atoms with Gasteiger partial charge in [-0.3, -0.25) is 0 Å². The van der Waals surface area contributed by atoms with E-state index in [1.54, 1.807) is 0 Å². The lowest BCUT2D eigenvalue weighted by Crippen LogP contribution is -2.02. The fourth-order valence-electron chi connectivity index (χ4n) is 1.44. The summed E-state index contributed by atoms with van der Waals surface area (Å²) in [5, 5.41) is 9.13. The van der Waals surface area contributed by atoms with E-state index in [2.05, 4.69) is 0 Å². The molecule has 20 heavy (non-hydrogen) atoms. The van der Waals surface area contributed by atoms with Crippen molar-refractivity contribution >= 4 is 29.2 Å². The van der Waals surface area contributed by atoms with Gasteiger partial charge in [-0.05, 0) is 18.2 Å². The highest BCUT2D eigenvalue weighted by Gasteiger charge is 2.16. The molecule has 1 N–H and O–H groups in total. The molecule has 2 aromatic carbocycles. The second-order valence-electron chi connectivity index (χ2n) is 3.75. The Morgan fingerprint density at radius 3 is 2.35 bits per heavy atom. The lowest BCUT2D eigenvalue weighted by Gasteiger charge is -2.09. The second-order valence-corrected chi connectivity index (χ2v) is 4.56. The van der Waals surface area contributed by atoms with E-state index in [0.717, 1.165) is 0 Å². The molecule has 0 aromatic heterocycles. The zero-order valence-electron chi connectivity index (χ0n) is 9.66. The van der Waals surface area contributed by atoms with Crippen molar-refractivity contribution in [1.82, 2.24) is 0 Å². The summed E-state index contributed by atoms with van der Waals surface area (Å²) in [7, 11) is 0. The average molecular weight is 319 g/mol. The summed E-state index contributed by atoms with van der Waals surface area (Å²) in [6.45, 7) is 0. The molecule has 0 amide bonds.